The van der Waals surface area contributed by atoms with E-state index >= 15 is 0 Å². The molecule has 0 radical (unpaired) electrons. The van der Waals surface area contributed by atoms with E-state index in [1.54, 1.807) is 18.9 Å². The van der Waals surface area contributed by atoms with Crippen LogP contribution in [0.15, 0.2) is 29.2 Å². The largest absolute Gasteiger partial charge is 0.383 e. The molecule has 0 aliphatic carbocycles. The number of thioether (sulfide) groups is 1. The lowest BCUT2D eigenvalue weighted by atomic mass is 10.1. The van der Waals surface area contributed by atoms with Crippen molar-refractivity contribution in [3.05, 3.63) is 29.8 Å². The Morgan fingerprint density at radius 1 is 1.59 bits per heavy atom. The molecule has 1 N–H and O–H groups in total. The predicted molar refractivity (Wildman–Crippen MR) is 69.3 cm³/mol. The van der Waals surface area contributed by atoms with Crippen LogP contribution in [0.1, 0.15) is 12.5 Å². The number of amides is 1. The van der Waals surface area contributed by atoms with Gasteiger partial charge in [-0.2, -0.15) is 0 Å². The zero-order chi connectivity index (χ0) is 12.3. The molecule has 0 unspecified atom stereocenters. The topological polar surface area (TPSA) is 38.3 Å². The van der Waals surface area contributed by atoms with Gasteiger partial charge in [0, 0.05) is 18.0 Å². The molecule has 17 heavy (non-hydrogen) atoms. The smallest absolute Gasteiger partial charge is 0.234 e. The number of fused-ring (bicyclic) bond motifs is 1. The van der Waals surface area contributed by atoms with E-state index < -0.39 is 0 Å². The van der Waals surface area contributed by atoms with E-state index in [1.165, 1.54) is 10.5 Å². The van der Waals surface area contributed by atoms with E-state index in [0.717, 1.165) is 6.42 Å². The predicted octanol–water partition coefficient (Wildman–Crippen LogP) is 1.85. The van der Waals surface area contributed by atoms with Gasteiger partial charge in [-0.15, -0.1) is 11.8 Å². The highest BCUT2D eigenvalue weighted by Gasteiger charge is 2.28. The second-order valence-corrected chi connectivity index (χ2v) is 5.53. The summed E-state index contributed by atoms with van der Waals surface area (Å²) in [5, 5.41) is 2.98. The summed E-state index contributed by atoms with van der Waals surface area (Å²) in [5.41, 5.74) is 1.28. The Kier molecular flexibility index (Phi) is 4.07. The maximum Gasteiger partial charge on any atom is 0.234 e. The lowest BCUT2D eigenvalue weighted by molar-refractivity contribution is -0.121. The molecule has 1 aromatic carbocycles. The number of carbonyl (C=O) groups is 1. The van der Waals surface area contributed by atoms with Crippen LogP contribution in [0.5, 0.6) is 0 Å². The molecule has 92 valence electrons. The first kappa shape index (κ1) is 12.5. The lowest BCUT2D eigenvalue weighted by Crippen LogP contribution is -2.40. The molecule has 1 aliphatic heterocycles. The van der Waals surface area contributed by atoms with E-state index in [1.807, 2.05) is 19.1 Å². The molecule has 0 aromatic heterocycles. The van der Waals surface area contributed by atoms with E-state index in [0.29, 0.717) is 6.61 Å². The van der Waals surface area contributed by atoms with Gasteiger partial charge in [-0.3, -0.25) is 4.79 Å². The van der Waals surface area contributed by atoms with Gasteiger partial charge in [0.15, 0.2) is 0 Å². The van der Waals surface area contributed by atoms with Gasteiger partial charge in [-0.05, 0) is 25.0 Å². The van der Waals surface area contributed by atoms with Crippen molar-refractivity contribution < 1.29 is 9.53 Å². The Balaban J connectivity index is 1.92. The molecule has 0 fully saturated rings. The molecule has 0 bridgehead atoms. The van der Waals surface area contributed by atoms with Crippen molar-refractivity contribution >= 4 is 17.7 Å². The summed E-state index contributed by atoms with van der Waals surface area (Å²) in [5.74, 6) is 0.107. The third-order valence-corrected chi connectivity index (χ3v) is 4.06. The summed E-state index contributed by atoms with van der Waals surface area (Å²) < 4.78 is 5.01. The van der Waals surface area contributed by atoms with Gasteiger partial charge in [-0.25, -0.2) is 0 Å². The third kappa shape index (κ3) is 3.01. The SMILES string of the molecule is COC[C@H](C)NC(=O)[C@@H]1Cc2ccccc2S1. The highest BCUT2D eigenvalue weighted by atomic mass is 32.2. The Morgan fingerprint density at radius 2 is 2.35 bits per heavy atom. The normalized spacial score (nSPS) is 19.8. The summed E-state index contributed by atoms with van der Waals surface area (Å²) in [6.07, 6.45) is 0.826. The Bertz CT molecular complexity index is 383. The fourth-order valence-electron chi connectivity index (χ4n) is 1.96. The molecule has 4 heteroatoms. The van der Waals surface area contributed by atoms with Crippen molar-refractivity contribution in [1.82, 2.24) is 5.32 Å². The number of methoxy groups -OCH3 is 1. The minimum Gasteiger partial charge on any atom is -0.383 e. The van der Waals surface area contributed by atoms with Crippen LogP contribution in [0.3, 0.4) is 0 Å². The van der Waals surface area contributed by atoms with Crippen molar-refractivity contribution in [2.75, 3.05) is 13.7 Å². The average molecular weight is 251 g/mol. The maximum absolute atomic E-state index is 12.0. The summed E-state index contributed by atoms with van der Waals surface area (Å²) in [7, 11) is 1.64. The van der Waals surface area contributed by atoms with Crippen molar-refractivity contribution in [3.63, 3.8) is 0 Å². The Hall–Kier alpha value is -1.00. The molecule has 1 amide bonds. The first-order valence-electron chi connectivity index (χ1n) is 5.74. The minimum absolute atomic E-state index is 0.00621. The van der Waals surface area contributed by atoms with Crippen LogP contribution in [0.4, 0.5) is 0 Å². The van der Waals surface area contributed by atoms with Gasteiger partial charge in [0.25, 0.3) is 0 Å². The van der Waals surface area contributed by atoms with Crippen LogP contribution in [-0.2, 0) is 16.0 Å². The van der Waals surface area contributed by atoms with Crippen molar-refractivity contribution in [3.8, 4) is 0 Å². The number of rotatable bonds is 4. The molecule has 0 saturated heterocycles. The highest BCUT2D eigenvalue weighted by Crippen LogP contribution is 2.36. The molecule has 1 aromatic rings. The Labute approximate surface area is 106 Å². The molecule has 0 spiro atoms. The lowest BCUT2D eigenvalue weighted by Gasteiger charge is -2.15. The van der Waals surface area contributed by atoms with Gasteiger partial charge in [0.05, 0.1) is 11.9 Å². The number of benzene rings is 1. The molecule has 1 heterocycles. The molecule has 2 rings (SSSR count). The van der Waals surface area contributed by atoms with Gasteiger partial charge < -0.3 is 10.1 Å². The zero-order valence-corrected chi connectivity index (χ0v) is 10.9. The van der Waals surface area contributed by atoms with E-state index in [2.05, 4.69) is 17.4 Å². The Morgan fingerprint density at radius 3 is 3.06 bits per heavy atom. The first-order chi connectivity index (χ1) is 8.20. The molecule has 0 saturated carbocycles. The summed E-state index contributed by atoms with van der Waals surface area (Å²) in [6.45, 7) is 2.50. The quantitative estimate of drug-likeness (QED) is 0.887. The van der Waals surface area contributed by atoms with E-state index in [9.17, 15) is 4.79 Å². The van der Waals surface area contributed by atoms with Crippen LogP contribution >= 0.6 is 11.8 Å². The van der Waals surface area contributed by atoms with Gasteiger partial charge in [0.2, 0.25) is 5.91 Å². The summed E-state index contributed by atoms with van der Waals surface area (Å²) in [6, 6.07) is 8.27. The first-order valence-corrected chi connectivity index (χ1v) is 6.62. The number of nitrogens with one attached hydrogen (secondary N) is 1. The molecular formula is C13H17NO2S. The maximum atomic E-state index is 12.0. The second kappa shape index (κ2) is 5.56. The fourth-order valence-corrected chi connectivity index (χ4v) is 3.16. The van der Waals surface area contributed by atoms with Crippen LogP contribution < -0.4 is 5.32 Å². The monoisotopic (exact) mass is 251 g/mol. The zero-order valence-electron chi connectivity index (χ0n) is 10.1. The molecule has 1 aliphatic rings. The van der Waals surface area contributed by atoms with Crippen LogP contribution in [-0.4, -0.2) is 30.9 Å². The van der Waals surface area contributed by atoms with E-state index in [-0.39, 0.29) is 17.2 Å². The fraction of sp³-hybridized carbons (Fsp3) is 0.462. The van der Waals surface area contributed by atoms with Gasteiger partial charge in [0.1, 0.15) is 0 Å². The summed E-state index contributed by atoms with van der Waals surface area (Å²) in [4.78, 5) is 13.2. The molecule has 3 nitrogen and oxygen atoms in total. The van der Waals surface area contributed by atoms with Crippen molar-refractivity contribution in [2.24, 2.45) is 0 Å². The number of carbonyl (C=O) groups excluding carboxylic acids is 1. The van der Waals surface area contributed by atoms with Crippen LogP contribution in [0.2, 0.25) is 0 Å². The molecule has 2 atom stereocenters. The van der Waals surface area contributed by atoms with E-state index in [4.69, 9.17) is 4.74 Å². The van der Waals surface area contributed by atoms with Crippen molar-refractivity contribution in [2.45, 2.75) is 29.5 Å². The van der Waals surface area contributed by atoms with Crippen molar-refractivity contribution in [1.29, 1.82) is 0 Å². The highest BCUT2D eigenvalue weighted by molar-refractivity contribution is 8.01. The minimum atomic E-state index is 0.00621. The van der Waals surface area contributed by atoms with Crippen LogP contribution in [0, 0.1) is 0 Å². The number of hydrogen-bond acceptors (Lipinski definition) is 3. The van der Waals surface area contributed by atoms with Crippen LogP contribution in [0.25, 0.3) is 0 Å². The third-order valence-electron chi connectivity index (χ3n) is 2.74. The average Bonchev–Trinajstić information content (AvgIpc) is 2.72. The standard InChI is InChI=1S/C13H17NO2S/c1-9(8-16-2)14-13(15)12-7-10-5-3-4-6-11(10)17-12/h3-6,9,12H,7-8H2,1-2H3,(H,14,15)/t9-,12-/m0/s1. The summed E-state index contributed by atoms with van der Waals surface area (Å²) >= 11 is 1.65. The number of hydrogen-bond donors (Lipinski definition) is 1. The van der Waals surface area contributed by atoms with Gasteiger partial charge >= 0.3 is 0 Å². The second-order valence-electron chi connectivity index (χ2n) is 4.28. The number of ether oxygens (including phenoxy) is 1. The van der Waals surface area contributed by atoms with Gasteiger partial charge in [-0.1, -0.05) is 18.2 Å². The molecular weight excluding hydrogens is 234 g/mol.